The van der Waals surface area contributed by atoms with Crippen LogP contribution in [0.15, 0.2) is 115 Å². The second-order valence-corrected chi connectivity index (χ2v) is 9.79. The normalized spacial score (nSPS) is 13.0. The lowest BCUT2D eigenvalue weighted by Crippen LogP contribution is -2.17. The molecule has 0 N–H and O–H groups in total. The number of fused-ring (bicyclic) bond motifs is 4. The highest BCUT2D eigenvalue weighted by Crippen LogP contribution is 2.46. The van der Waals surface area contributed by atoms with Crippen LogP contribution in [-0.2, 0) is 0 Å². The topological polar surface area (TPSA) is 3.24 Å². The molecule has 36 heavy (non-hydrogen) atoms. The van der Waals surface area contributed by atoms with Gasteiger partial charge < -0.3 is 4.90 Å². The third kappa shape index (κ3) is 2.55. The van der Waals surface area contributed by atoms with Crippen molar-refractivity contribution in [1.82, 2.24) is 0 Å². The van der Waals surface area contributed by atoms with Crippen molar-refractivity contribution in [3.63, 3.8) is 0 Å². The lowest BCUT2D eigenvalue weighted by atomic mass is 9.86. The van der Waals surface area contributed by atoms with Crippen molar-refractivity contribution in [2.24, 2.45) is 0 Å². The minimum Gasteiger partial charge on any atom is -0.344 e. The molecule has 8 rings (SSSR count). The minimum atomic E-state index is 1.24. The lowest BCUT2D eigenvalue weighted by molar-refractivity contribution is 1.17. The minimum absolute atomic E-state index is 1.24. The molecule has 1 heterocycles. The number of anilines is 2. The average Bonchev–Trinajstić information content (AvgIpc) is 2.94. The van der Waals surface area contributed by atoms with E-state index in [4.69, 9.17) is 0 Å². The fraction of sp³-hybridized carbons (Fsp3) is 0.0286. The van der Waals surface area contributed by atoms with E-state index in [9.17, 15) is 0 Å². The summed E-state index contributed by atoms with van der Waals surface area (Å²) < 4.78 is 0. The van der Waals surface area contributed by atoms with Crippen LogP contribution in [-0.4, -0.2) is 7.05 Å². The highest BCUT2D eigenvalue weighted by atomic mass is 15.1. The van der Waals surface area contributed by atoms with Gasteiger partial charge in [0.15, 0.2) is 0 Å². The number of nitrogens with zero attached hydrogens (tertiary/aromatic N) is 1. The third-order valence-electron chi connectivity index (χ3n) is 7.97. The molecule has 1 nitrogen and oxygen atoms in total. The van der Waals surface area contributed by atoms with E-state index in [0.29, 0.717) is 0 Å². The van der Waals surface area contributed by atoms with E-state index >= 15 is 0 Å². The zero-order valence-electron chi connectivity index (χ0n) is 20.0. The summed E-state index contributed by atoms with van der Waals surface area (Å²) in [5.74, 6) is 0. The summed E-state index contributed by atoms with van der Waals surface area (Å²) in [6.07, 6.45) is 2.40. The lowest BCUT2D eigenvalue weighted by Gasteiger charge is -2.32. The van der Waals surface area contributed by atoms with Gasteiger partial charge in [0.25, 0.3) is 0 Å². The van der Waals surface area contributed by atoms with Gasteiger partial charge in [-0.15, -0.1) is 0 Å². The highest BCUT2D eigenvalue weighted by molar-refractivity contribution is 6.33. The van der Waals surface area contributed by atoms with Gasteiger partial charge in [0, 0.05) is 29.5 Å². The highest BCUT2D eigenvalue weighted by Gasteiger charge is 2.24. The van der Waals surface area contributed by atoms with Gasteiger partial charge in [-0.25, -0.2) is 0 Å². The Kier molecular flexibility index (Phi) is 3.93. The van der Waals surface area contributed by atoms with Crippen molar-refractivity contribution in [3.8, 4) is 0 Å². The molecule has 0 bridgehead atoms. The maximum absolute atomic E-state index is 2.40. The fourth-order valence-corrected chi connectivity index (χ4v) is 6.37. The Hall–Kier alpha value is -4.62. The van der Waals surface area contributed by atoms with E-state index in [1.54, 1.807) is 0 Å². The van der Waals surface area contributed by atoms with E-state index in [2.05, 4.69) is 133 Å². The molecular formula is C35H23N. The summed E-state index contributed by atoms with van der Waals surface area (Å²) in [4.78, 5) is 2.30. The maximum Gasteiger partial charge on any atom is 0.0488 e. The van der Waals surface area contributed by atoms with Crippen LogP contribution in [0, 0.1) is 0 Å². The zero-order valence-corrected chi connectivity index (χ0v) is 20.0. The van der Waals surface area contributed by atoms with Gasteiger partial charge in [0.2, 0.25) is 0 Å². The number of hydrogen-bond donors (Lipinski definition) is 0. The second-order valence-electron chi connectivity index (χ2n) is 9.79. The van der Waals surface area contributed by atoms with Gasteiger partial charge in [-0.2, -0.15) is 0 Å². The monoisotopic (exact) mass is 457 g/mol. The second kappa shape index (κ2) is 7.19. The Balaban J connectivity index is 1.49. The average molecular weight is 458 g/mol. The fourth-order valence-electron chi connectivity index (χ4n) is 6.37. The molecule has 0 unspecified atom stereocenters. The van der Waals surface area contributed by atoms with Crippen molar-refractivity contribution < 1.29 is 0 Å². The number of hydrogen-bond acceptors (Lipinski definition) is 1. The SMILES string of the molecule is CN1c2ccccc2C(=Cc2ccc3c4cccc5cccc(c6cccc2c63)c54)c2ccccc21. The quantitative estimate of drug-likeness (QED) is 0.175. The van der Waals surface area contributed by atoms with Crippen LogP contribution >= 0.6 is 0 Å². The van der Waals surface area contributed by atoms with Gasteiger partial charge in [0.1, 0.15) is 0 Å². The molecule has 0 amide bonds. The summed E-state index contributed by atoms with van der Waals surface area (Å²) in [6, 6.07) is 42.3. The molecule has 7 aromatic carbocycles. The molecule has 0 atom stereocenters. The van der Waals surface area contributed by atoms with Crippen LogP contribution < -0.4 is 4.90 Å². The maximum atomic E-state index is 2.40. The van der Waals surface area contributed by atoms with Gasteiger partial charge in [-0.1, -0.05) is 103 Å². The van der Waals surface area contributed by atoms with Gasteiger partial charge in [0.05, 0.1) is 0 Å². The van der Waals surface area contributed by atoms with E-state index in [1.807, 2.05) is 0 Å². The summed E-state index contributed by atoms with van der Waals surface area (Å²) >= 11 is 0. The number of para-hydroxylation sites is 2. The van der Waals surface area contributed by atoms with Gasteiger partial charge in [-0.3, -0.25) is 0 Å². The molecule has 1 aliphatic rings. The van der Waals surface area contributed by atoms with E-state index in [1.165, 1.54) is 76.7 Å². The third-order valence-corrected chi connectivity index (χ3v) is 7.97. The Morgan fingerprint density at radius 3 is 1.67 bits per heavy atom. The van der Waals surface area contributed by atoms with Gasteiger partial charge in [-0.05, 0) is 72.4 Å². The number of rotatable bonds is 1. The molecule has 168 valence electrons. The smallest absolute Gasteiger partial charge is 0.0488 e. The summed E-state index contributed by atoms with van der Waals surface area (Å²) in [6.45, 7) is 0. The van der Waals surface area contributed by atoms with E-state index in [-0.39, 0.29) is 0 Å². The van der Waals surface area contributed by atoms with Crippen LogP contribution in [0.3, 0.4) is 0 Å². The largest absolute Gasteiger partial charge is 0.344 e. The molecule has 0 saturated heterocycles. The van der Waals surface area contributed by atoms with Crippen LogP contribution in [0.1, 0.15) is 16.7 Å². The molecule has 0 aromatic heterocycles. The van der Waals surface area contributed by atoms with Crippen molar-refractivity contribution in [1.29, 1.82) is 0 Å². The van der Waals surface area contributed by atoms with Crippen LogP contribution in [0.2, 0.25) is 0 Å². The molecule has 0 radical (unpaired) electrons. The molecule has 7 aromatic rings. The van der Waals surface area contributed by atoms with Crippen molar-refractivity contribution >= 4 is 66.1 Å². The predicted octanol–water partition coefficient (Wildman–Crippen LogP) is 9.41. The first-order valence-corrected chi connectivity index (χ1v) is 12.5. The van der Waals surface area contributed by atoms with Crippen molar-refractivity contribution in [2.75, 3.05) is 11.9 Å². The molecule has 0 aliphatic carbocycles. The first kappa shape index (κ1) is 19.7. The van der Waals surface area contributed by atoms with E-state index in [0.717, 1.165) is 0 Å². The summed E-state index contributed by atoms with van der Waals surface area (Å²) in [5.41, 5.74) is 7.56. The summed E-state index contributed by atoms with van der Waals surface area (Å²) in [5, 5.41) is 10.7. The first-order chi connectivity index (χ1) is 17.8. The predicted molar refractivity (Wildman–Crippen MR) is 156 cm³/mol. The Morgan fingerprint density at radius 2 is 1.00 bits per heavy atom. The van der Waals surface area contributed by atoms with Crippen molar-refractivity contribution in [3.05, 3.63) is 132 Å². The zero-order chi connectivity index (χ0) is 23.8. The van der Waals surface area contributed by atoms with Crippen molar-refractivity contribution in [2.45, 2.75) is 0 Å². The Morgan fingerprint density at radius 1 is 0.472 bits per heavy atom. The molecule has 0 saturated carbocycles. The Labute approximate surface area is 209 Å². The standard InChI is InChI=1S/C35H23N/c1-36-32-17-4-2-11-25(32)31(26-12-3-5-18-33(26)36)21-23-19-20-30-28-15-7-10-22-9-6-14-27(34(22)28)29-16-8-13-24(23)35(29)30/h2-21H,1H3. The van der Waals surface area contributed by atoms with Gasteiger partial charge >= 0.3 is 0 Å². The molecule has 0 spiro atoms. The molecule has 1 heteroatoms. The van der Waals surface area contributed by atoms with Crippen LogP contribution in [0.4, 0.5) is 11.4 Å². The first-order valence-electron chi connectivity index (χ1n) is 12.5. The molecule has 1 aliphatic heterocycles. The molecule has 0 fully saturated rings. The Bertz CT molecular complexity index is 1910. The van der Waals surface area contributed by atoms with E-state index < -0.39 is 0 Å². The summed E-state index contributed by atoms with van der Waals surface area (Å²) in [7, 11) is 2.16. The van der Waals surface area contributed by atoms with Crippen LogP contribution in [0.25, 0.3) is 54.7 Å². The van der Waals surface area contributed by atoms with Crippen LogP contribution in [0.5, 0.6) is 0 Å². The number of benzene rings is 7. The molecular weight excluding hydrogens is 434 g/mol.